The lowest BCUT2D eigenvalue weighted by Gasteiger charge is -2.25. The molecule has 37 heavy (non-hydrogen) atoms. The Bertz CT molecular complexity index is 937. The summed E-state index contributed by atoms with van der Waals surface area (Å²) in [6, 6.07) is 15.7. The van der Waals surface area contributed by atoms with E-state index in [-0.39, 0.29) is 19.2 Å². The molecule has 0 bridgehead atoms. The number of hydrogen-bond donors (Lipinski definition) is 1. The van der Waals surface area contributed by atoms with Crippen LogP contribution in [0.15, 0.2) is 48.5 Å². The van der Waals surface area contributed by atoms with Gasteiger partial charge in [0.2, 0.25) is 11.8 Å². The lowest BCUT2D eigenvalue weighted by atomic mass is 10.1. The highest BCUT2D eigenvalue weighted by Crippen LogP contribution is 2.29. The summed E-state index contributed by atoms with van der Waals surface area (Å²) in [5, 5.41) is 2.91. The summed E-state index contributed by atoms with van der Waals surface area (Å²) in [5.41, 5.74) is 2.02. The standard InChI is InChI=1S/C26H36N2O4.C4H8O.H2/c1-5-6-12-25(29)27-15-16-28(26(30)20(2)3)18-22-13-14-23(24(17-22)31-4)32-19-21-10-8-7-9-11-21;1-2-3-4-5;/h7-11,13-14,17,20H,5-6,12,15-16,18-19H2,1-4H3,(H,27,29);4H,2-3H2,1H3;1H. The molecule has 0 aliphatic rings. The van der Waals surface area contributed by atoms with E-state index in [9.17, 15) is 14.4 Å². The first-order valence-electron chi connectivity index (χ1n) is 13.2. The smallest absolute Gasteiger partial charge is 0.225 e. The molecule has 0 heterocycles. The number of rotatable bonds is 15. The quantitative estimate of drug-likeness (QED) is 0.304. The molecule has 0 radical (unpaired) electrons. The largest absolute Gasteiger partial charge is 0.493 e. The Morgan fingerprint density at radius 1 is 1.03 bits per heavy atom. The van der Waals surface area contributed by atoms with Crippen LogP contribution < -0.4 is 14.8 Å². The molecule has 2 rings (SSSR count). The average Bonchev–Trinajstić information content (AvgIpc) is 2.91. The van der Waals surface area contributed by atoms with E-state index in [2.05, 4.69) is 12.2 Å². The van der Waals surface area contributed by atoms with E-state index in [0.717, 1.165) is 36.7 Å². The molecule has 2 aromatic carbocycles. The number of methoxy groups -OCH3 is 1. The zero-order valence-corrected chi connectivity index (χ0v) is 23.1. The first-order valence-corrected chi connectivity index (χ1v) is 13.2. The third-order valence-corrected chi connectivity index (χ3v) is 5.51. The highest BCUT2D eigenvalue weighted by Gasteiger charge is 2.18. The number of unbranched alkanes of at least 4 members (excludes halogenated alkanes) is 2. The van der Waals surface area contributed by atoms with Crippen molar-refractivity contribution < 1.29 is 25.3 Å². The van der Waals surface area contributed by atoms with Crippen molar-refractivity contribution in [1.82, 2.24) is 10.2 Å². The monoisotopic (exact) mass is 514 g/mol. The van der Waals surface area contributed by atoms with Gasteiger partial charge in [0, 0.05) is 39.8 Å². The first-order chi connectivity index (χ1) is 17.9. The summed E-state index contributed by atoms with van der Waals surface area (Å²) in [4.78, 5) is 35.8. The topological polar surface area (TPSA) is 84.9 Å². The van der Waals surface area contributed by atoms with E-state index in [1.807, 2.05) is 69.3 Å². The van der Waals surface area contributed by atoms with Gasteiger partial charge in [-0.05, 0) is 36.1 Å². The van der Waals surface area contributed by atoms with Crippen LogP contribution in [0.4, 0.5) is 0 Å². The summed E-state index contributed by atoms with van der Waals surface area (Å²) >= 11 is 0. The van der Waals surface area contributed by atoms with Gasteiger partial charge in [0.15, 0.2) is 11.5 Å². The Kier molecular flexibility index (Phi) is 16.1. The third kappa shape index (κ3) is 13.0. The van der Waals surface area contributed by atoms with Crippen molar-refractivity contribution in [2.24, 2.45) is 5.92 Å². The SMILES string of the molecule is CCCC=O.CCCCC(=O)NCCN(Cc1ccc(OCc2ccccc2)c(OC)c1)C(=O)C(C)C.[HH]. The molecular weight excluding hydrogens is 468 g/mol. The van der Waals surface area contributed by atoms with E-state index >= 15 is 0 Å². The minimum Gasteiger partial charge on any atom is -0.493 e. The molecule has 0 aliphatic heterocycles. The van der Waals surface area contributed by atoms with Gasteiger partial charge in [-0.15, -0.1) is 0 Å². The van der Waals surface area contributed by atoms with Gasteiger partial charge in [-0.1, -0.05) is 70.5 Å². The summed E-state index contributed by atoms with van der Waals surface area (Å²) in [7, 11) is 1.61. The van der Waals surface area contributed by atoms with Crippen molar-refractivity contribution in [2.45, 2.75) is 73.0 Å². The zero-order valence-electron chi connectivity index (χ0n) is 23.1. The highest BCUT2D eigenvalue weighted by atomic mass is 16.5. The molecule has 0 aromatic heterocycles. The highest BCUT2D eigenvalue weighted by molar-refractivity contribution is 5.78. The Morgan fingerprint density at radius 3 is 2.32 bits per heavy atom. The molecule has 0 saturated carbocycles. The number of hydrogen-bond acceptors (Lipinski definition) is 5. The van der Waals surface area contributed by atoms with Gasteiger partial charge in [0.1, 0.15) is 12.9 Å². The summed E-state index contributed by atoms with van der Waals surface area (Å²) in [6.07, 6.45) is 5.00. The molecule has 0 aliphatic carbocycles. The maximum absolute atomic E-state index is 12.7. The number of nitrogens with one attached hydrogen (secondary N) is 1. The predicted octanol–water partition coefficient (Wildman–Crippen LogP) is 5.80. The molecule has 206 valence electrons. The van der Waals surface area contributed by atoms with Gasteiger partial charge in [-0.3, -0.25) is 9.59 Å². The lowest BCUT2D eigenvalue weighted by molar-refractivity contribution is -0.135. The molecule has 7 nitrogen and oxygen atoms in total. The minimum atomic E-state index is -0.124. The Hall–Kier alpha value is -3.35. The summed E-state index contributed by atoms with van der Waals surface area (Å²) in [6.45, 7) is 9.60. The number of aldehydes is 1. The van der Waals surface area contributed by atoms with Crippen LogP contribution in [0.1, 0.15) is 72.4 Å². The second kappa shape index (κ2) is 18.9. The molecule has 0 spiro atoms. The van der Waals surface area contributed by atoms with Crippen LogP contribution in [0, 0.1) is 5.92 Å². The van der Waals surface area contributed by atoms with Crippen LogP contribution in [0.2, 0.25) is 0 Å². The third-order valence-electron chi connectivity index (χ3n) is 5.51. The van der Waals surface area contributed by atoms with E-state index in [1.165, 1.54) is 0 Å². The minimum absolute atomic E-state index is 0. The molecule has 0 atom stereocenters. The van der Waals surface area contributed by atoms with Crippen molar-refractivity contribution in [2.75, 3.05) is 20.2 Å². The second-order valence-corrected chi connectivity index (χ2v) is 9.08. The maximum Gasteiger partial charge on any atom is 0.225 e. The fourth-order valence-corrected chi connectivity index (χ4v) is 3.39. The molecule has 0 fully saturated rings. The fourth-order valence-electron chi connectivity index (χ4n) is 3.39. The van der Waals surface area contributed by atoms with E-state index in [0.29, 0.717) is 50.6 Å². The van der Waals surface area contributed by atoms with Crippen molar-refractivity contribution in [1.29, 1.82) is 0 Å². The Labute approximate surface area is 224 Å². The summed E-state index contributed by atoms with van der Waals surface area (Å²) < 4.78 is 11.5. The number of carbonyl (C=O) groups excluding carboxylic acids is 3. The maximum atomic E-state index is 12.7. The van der Waals surface area contributed by atoms with Crippen molar-refractivity contribution in [3.8, 4) is 11.5 Å². The second-order valence-electron chi connectivity index (χ2n) is 9.08. The van der Waals surface area contributed by atoms with Crippen LogP contribution in [-0.4, -0.2) is 43.2 Å². The number of benzene rings is 2. The van der Waals surface area contributed by atoms with Crippen LogP contribution in [-0.2, 0) is 27.5 Å². The number of carbonyl (C=O) groups is 3. The molecule has 2 amide bonds. The van der Waals surface area contributed by atoms with E-state index in [1.54, 1.807) is 12.0 Å². The van der Waals surface area contributed by atoms with Gasteiger partial charge in [-0.2, -0.15) is 0 Å². The molecular formula is C30H46N2O5. The molecule has 7 heteroatoms. The van der Waals surface area contributed by atoms with E-state index in [4.69, 9.17) is 9.47 Å². The van der Waals surface area contributed by atoms with Gasteiger partial charge >= 0.3 is 0 Å². The van der Waals surface area contributed by atoms with Gasteiger partial charge in [0.05, 0.1) is 7.11 Å². The lowest BCUT2D eigenvalue weighted by Crippen LogP contribution is -2.40. The predicted molar refractivity (Wildman–Crippen MR) is 150 cm³/mol. The zero-order chi connectivity index (χ0) is 27.5. The number of amides is 2. The van der Waals surface area contributed by atoms with Crippen LogP contribution >= 0.6 is 0 Å². The van der Waals surface area contributed by atoms with Crippen LogP contribution in [0.25, 0.3) is 0 Å². The van der Waals surface area contributed by atoms with Crippen molar-refractivity contribution >= 4 is 18.1 Å². The molecule has 0 unspecified atom stereocenters. The normalized spacial score (nSPS) is 10.2. The molecule has 2 aromatic rings. The van der Waals surface area contributed by atoms with Crippen molar-refractivity contribution in [3.63, 3.8) is 0 Å². The van der Waals surface area contributed by atoms with E-state index < -0.39 is 0 Å². The number of nitrogens with zero attached hydrogens (tertiary/aromatic N) is 1. The van der Waals surface area contributed by atoms with Crippen molar-refractivity contribution in [3.05, 3.63) is 59.7 Å². The fraction of sp³-hybridized carbons (Fsp3) is 0.500. The Balaban J connectivity index is 0.00000208. The molecule has 1 N–H and O–H groups in total. The van der Waals surface area contributed by atoms with Gasteiger partial charge < -0.3 is 24.5 Å². The number of ether oxygens (including phenoxy) is 2. The van der Waals surface area contributed by atoms with Gasteiger partial charge in [0.25, 0.3) is 0 Å². The van der Waals surface area contributed by atoms with Crippen LogP contribution in [0.3, 0.4) is 0 Å². The van der Waals surface area contributed by atoms with Crippen LogP contribution in [0.5, 0.6) is 11.5 Å². The summed E-state index contributed by atoms with van der Waals surface area (Å²) in [5.74, 6) is 1.25. The van der Waals surface area contributed by atoms with Gasteiger partial charge in [-0.25, -0.2) is 0 Å². The Morgan fingerprint density at radius 2 is 1.76 bits per heavy atom. The first kappa shape index (κ1) is 31.7. The molecule has 0 saturated heterocycles. The average molecular weight is 515 g/mol.